The molecule has 0 aliphatic heterocycles. The molecule has 0 aliphatic carbocycles. The number of rotatable bonds is 9. The van der Waals surface area contributed by atoms with E-state index in [2.05, 4.69) is 13.8 Å². The number of ether oxygens (including phenoxy) is 1. The van der Waals surface area contributed by atoms with Gasteiger partial charge in [0.1, 0.15) is 6.61 Å². The molecule has 0 aromatic carbocycles. The van der Waals surface area contributed by atoms with E-state index in [1.807, 2.05) is 0 Å². The van der Waals surface area contributed by atoms with Crippen molar-refractivity contribution in [3.8, 4) is 0 Å². The second-order valence-corrected chi connectivity index (χ2v) is 6.17. The molecule has 1 heterocycles. The van der Waals surface area contributed by atoms with E-state index in [1.54, 1.807) is 12.1 Å². The topological polar surface area (TPSA) is 26.3 Å². The molecule has 4 heteroatoms. The van der Waals surface area contributed by atoms with Crippen LogP contribution in [-0.2, 0) is 4.74 Å². The first-order chi connectivity index (χ1) is 8.67. The Bertz CT molecular complexity index is 362. The molecule has 18 heavy (non-hydrogen) atoms. The molecular weight excluding hydrogens is 268 g/mol. The average molecular weight is 289 g/mol. The third kappa shape index (κ3) is 5.51. The molecule has 0 saturated carbocycles. The Kier molecular flexibility index (Phi) is 7.56. The molecule has 1 aromatic heterocycles. The molecule has 0 aliphatic rings. The Hall–Kier alpha value is -0.380. The zero-order valence-corrected chi connectivity index (χ0v) is 12.6. The number of carbonyl (C=O) groups excluding carboxylic acids is 1. The summed E-state index contributed by atoms with van der Waals surface area (Å²) in [5.74, 6) is 0.599. The van der Waals surface area contributed by atoms with E-state index in [4.69, 9.17) is 16.3 Å². The van der Waals surface area contributed by atoms with Gasteiger partial charge in [0.05, 0.1) is 9.21 Å². The molecule has 0 radical (unpaired) electrons. The van der Waals surface area contributed by atoms with Crippen LogP contribution in [0.3, 0.4) is 0 Å². The number of hydrogen-bond donors (Lipinski definition) is 0. The molecule has 0 spiro atoms. The van der Waals surface area contributed by atoms with Crippen molar-refractivity contribution in [2.45, 2.75) is 39.5 Å². The lowest BCUT2D eigenvalue weighted by molar-refractivity contribution is 0.0662. The monoisotopic (exact) mass is 288 g/mol. The largest absolute Gasteiger partial charge is 0.373 e. The Morgan fingerprint density at radius 1 is 1.44 bits per heavy atom. The number of Topliss-reactive ketones (excluding diaryl/α,β-unsaturated/α-hetero) is 1. The normalized spacial score (nSPS) is 12.6. The number of hydrogen-bond acceptors (Lipinski definition) is 3. The van der Waals surface area contributed by atoms with Crippen LogP contribution in [0.5, 0.6) is 0 Å². The molecule has 2 nitrogen and oxygen atoms in total. The summed E-state index contributed by atoms with van der Waals surface area (Å²) >= 11 is 7.10. The first-order valence-corrected chi connectivity index (χ1v) is 7.73. The van der Waals surface area contributed by atoms with Gasteiger partial charge in [-0.1, -0.05) is 44.7 Å². The summed E-state index contributed by atoms with van der Waals surface area (Å²) in [6.07, 6.45) is 4.74. The quantitative estimate of drug-likeness (QED) is 0.609. The standard InChI is InChI=1S/C14H21ClO2S/c1-3-5-6-11(4-2)9-17-10-12(16)13-7-8-14(15)18-13/h7-8,11H,3-6,9-10H2,1-2H3. The highest BCUT2D eigenvalue weighted by molar-refractivity contribution is 7.18. The van der Waals surface area contributed by atoms with Crippen LogP contribution in [0.25, 0.3) is 0 Å². The molecule has 1 rings (SSSR count). The second-order valence-electron chi connectivity index (χ2n) is 4.46. The van der Waals surface area contributed by atoms with Crippen LogP contribution >= 0.6 is 22.9 Å². The van der Waals surface area contributed by atoms with Crippen molar-refractivity contribution in [2.24, 2.45) is 5.92 Å². The van der Waals surface area contributed by atoms with E-state index >= 15 is 0 Å². The van der Waals surface area contributed by atoms with Crippen LogP contribution < -0.4 is 0 Å². The van der Waals surface area contributed by atoms with Crippen molar-refractivity contribution >= 4 is 28.7 Å². The zero-order valence-electron chi connectivity index (χ0n) is 11.1. The van der Waals surface area contributed by atoms with Gasteiger partial charge < -0.3 is 4.74 Å². The molecule has 1 atom stereocenters. The van der Waals surface area contributed by atoms with Crippen molar-refractivity contribution in [3.05, 3.63) is 21.3 Å². The number of unbranched alkanes of at least 4 members (excludes halogenated alkanes) is 1. The third-order valence-corrected chi connectivity index (χ3v) is 4.25. The minimum absolute atomic E-state index is 0.0252. The highest BCUT2D eigenvalue weighted by Crippen LogP contribution is 2.22. The van der Waals surface area contributed by atoms with Gasteiger partial charge in [0.15, 0.2) is 5.78 Å². The van der Waals surface area contributed by atoms with Gasteiger partial charge in [0.25, 0.3) is 0 Å². The maximum atomic E-state index is 11.8. The summed E-state index contributed by atoms with van der Waals surface area (Å²) in [6.45, 7) is 5.21. The fourth-order valence-corrected chi connectivity index (χ4v) is 2.72. The number of halogens is 1. The lowest BCUT2D eigenvalue weighted by Crippen LogP contribution is -2.14. The van der Waals surface area contributed by atoms with Crippen LogP contribution in [0.2, 0.25) is 4.34 Å². The molecular formula is C14H21ClO2S. The maximum absolute atomic E-state index is 11.8. The Labute approximate surface area is 118 Å². The molecule has 0 saturated heterocycles. The predicted molar refractivity (Wildman–Crippen MR) is 77.8 cm³/mol. The lowest BCUT2D eigenvalue weighted by atomic mass is 10.0. The van der Waals surface area contributed by atoms with Crippen molar-refractivity contribution in [1.29, 1.82) is 0 Å². The molecule has 0 fully saturated rings. The van der Waals surface area contributed by atoms with E-state index in [0.29, 0.717) is 21.7 Å². The number of carbonyl (C=O) groups is 1. The summed E-state index contributed by atoms with van der Waals surface area (Å²) < 4.78 is 6.17. The maximum Gasteiger partial charge on any atom is 0.198 e. The first kappa shape index (κ1) is 15.7. The van der Waals surface area contributed by atoms with Gasteiger partial charge in [-0.25, -0.2) is 0 Å². The molecule has 1 aromatic rings. The van der Waals surface area contributed by atoms with Gasteiger partial charge in [-0.3, -0.25) is 4.79 Å². The van der Waals surface area contributed by atoms with Gasteiger partial charge in [-0.2, -0.15) is 0 Å². The van der Waals surface area contributed by atoms with Gasteiger partial charge in [0.2, 0.25) is 0 Å². The predicted octanol–water partition coefficient (Wildman–Crippen LogP) is 4.82. The average Bonchev–Trinajstić information content (AvgIpc) is 2.80. The number of thiophene rings is 1. The molecule has 0 amide bonds. The van der Waals surface area contributed by atoms with Crippen molar-refractivity contribution in [2.75, 3.05) is 13.2 Å². The highest BCUT2D eigenvalue weighted by Gasteiger charge is 2.11. The van der Waals surface area contributed by atoms with Crippen molar-refractivity contribution < 1.29 is 9.53 Å². The summed E-state index contributed by atoms with van der Waals surface area (Å²) in [5, 5.41) is 0. The molecule has 0 N–H and O–H groups in total. The van der Waals surface area contributed by atoms with Crippen LogP contribution in [0, 0.1) is 5.92 Å². The van der Waals surface area contributed by atoms with Gasteiger partial charge in [-0.15, -0.1) is 11.3 Å². The second kappa shape index (κ2) is 8.68. The lowest BCUT2D eigenvalue weighted by Gasteiger charge is -2.13. The van der Waals surface area contributed by atoms with Crippen LogP contribution in [-0.4, -0.2) is 19.0 Å². The fraction of sp³-hybridized carbons (Fsp3) is 0.643. The molecule has 102 valence electrons. The zero-order chi connectivity index (χ0) is 13.4. The minimum Gasteiger partial charge on any atom is -0.373 e. The Morgan fingerprint density at radius 3 is 2.78 bits per heavy atom. The van der Waals surface area contributed by atoms with Crippen LogP contribution in [0.15, 0.2) is 12.1 Å². The van der Waals surface area contributed by atoms with E-state index in [1.165, 1.54) is 30.6 Å². The highest BCUT2D eigenvalue weighted by atomic mass is 35.5. The van der Waals surface area contributed by atoms with Crippen LogP contribution in [0.1, 0.15) is 49.2 Å². The van der Waals surface area contributed by atoms with Crippen LogP contribution in [0.4, 0.5) is 0 Å². The minimum atomic E-state index is 0.0252. The van der Waals surface area contributed by atoms with Gasteiger partial charge in [0, 0.05) is 6.61 Å². The van der Waals surface area contributed by atoms with E-state index < -0.39 is 0 Å². The summed E-state index contributed by atoms with van der Waals surface area (Å²) in [6, 6.07) is 3.50. The summed E-state index contributed by atoms with van der Waals surface area (Å²) in [4.78, 5) is 12.5. The Balaban J connectivity index is 2.26. The van der Waals surface area contributed by atoms with Crippen molar-refractivity contribution in [1.82, 2.24) is 0 Å². The SMILES string of the molecule is CCCCC(CC)COCC(=O)c1ccc(Cl)s1. The third-order valence-electron chi connectivity index (χ3n) is 2.98. The molecule has 1 unspecified atom stereocenters. The van der Waals surface area contributed by atoms with Gasteiger partial charge >= 0.3 is 0 Å². The van der Waals surface area contributed by atoms with E-state index in [9.17, 15) is 4.79 Å². The molecule has 0 bridgehead atoms. The van der Waals surface area contributed by atoms with Crippen molar-refractivity contribution in [3.63, 3.8) is 0 Å². The first-order valence-electron chi connectivity index (χ1n) is 6.53. The summed E-state index contributed by atoms with van der Waals surface area (Å²) in [7, 11) is 0. The number of ketones is 1. The Morgan fingerprint density at radius 2 is 2.22 bits per heavy atom. The van der Waals surface area contributed by atoms with E-state index in [-0.39, 0.29) is 12.4 Å². The van der Waals surface area contributed by atoms with Gasteiger partial charge in [-0.05, 0) is 24.5 Å². The smallest absolute Gasteiger partial charge is 0.198 e. The summed E-state index contributed by atoms with van der Waals surface area (Å²) in [5.41, 5.74) is 0. The fourth-order valence-electron chi connectivity index (χ4n) is 1.75. The van der Waals surface area contributed by atoms with E-state index in [0.717, 1.165) is 6.42 Å².